The Kier molecular flexibility index (Phi) is 4.38. The number of anilines is 1. The fourth-order valence-corrected chi connectivity index (χ4v) is 2.66. The molecule has 0 bridgehead atoms. The van der Waals surface area contributed by atoms with Crippen molar-refractivity contribution in [3.05, 3.63) is 35.2 Å². The Balaban J connectivity index is 2.10. The summed E-state index contributed by atoms with van der Waals surface area (Å²) in [5.74, 6) is 0.968. The molecule has 0 saturated carbocycles. The number of aromatic nitrogens is 1. The summed E-state index contributed by atoms with van der Waals surface area (Å²) in [4.78, 5) is 6.89. The van der Waals surface area contributed by atoms with Gasteiger partial charge >= 0.3 is 0 Å². The Morgan fingerprint density at radius 3 is 3.00 bits per heavy atom. The fraction of sp³-hybridized carbons (Fsp3) is 0.462. The van der Waals surface area contributed by atoms with Crippen LogP contribution >= 0.6 is 11.3 Å². The van der Waals surface area contributed by atoms with E-state index in [-0.39, 0.29) is 6.04 Å². The van der Waals surface area contributed by atoms with Crippen molar-refractivity contribution in [1.29, 1.82) is 0 Å². The Labute approximate surface area is 112 Å². The highest BCUT2D eigenvalue weighted by molar-refractivity contribution is 7.13. The Hall–Kier alpha value is -1.33. The molecule has 0 aliphatic heterocycles. The molecular weight excluding hydrogens is 246 g/mol. The van der Waals surface area contributed by atoms with Gasteiger partial charge in [0.25, 0.3) is 0 Å². The van der Waals surface area contributed by atoms with E-state index in [1.54, 1.807) is 17.6 Å². The number of hydrogen-bond donors (Lipinski definition) is 1. The van der Waals surface area contributed by atoms with Crippen molar-refractivity contribution in [3.63, 3.8) is 0 Å². The largest absolute Gasteiger partial charge is 0.467 e. The molecule has 1 unspecified atom stereocenters. The number of rotatable bonds is 6. The molecule has 0 amide bonds. The SMILES string of the molecule is CCN(Cc1ccco1)c1nc(C(C)NC)cs1. The van der Waals surface area contributed by atoms with Crippen molar-refractivity contribution in [2.45, 2.75) is 26.4 Å². The summed E-state index contributed by atoms with van der Waals surface area (Å²) in [6.45, 7) is 5.93. The minimum Gasteiger partial charge on any atom is -0.467 e. The molecule has 0 aliphatic carbocycles. The van der Waals surface area contributed by atoms with Gasteiger partial charge in [-0.2, -0.15) is 0 Å². The first kappa shape index (κ1) is 13.1. The predicted octanol–water partition coefficient (Wildman–Crippen LogP) is 3.04. The van der Waals surface area contributed by atoms with E-state index in [0.717, 1.165) is 29.7 Å². The van der Waals surface area contributed by atoms with Crippen LogP contribution in [0, 0.1) is 0 Å². The van der Waals surface area contributed by atoms with Crippen LogP contribution in [-0.2, 0) is 6.54 Å². The third kappa shape index (κ3) is 2.91. The second kappa shape index (κ2) is 6.02. The maximum atomic E-state index is 5.39. The minimum absolute atomic E-state index is 0.289. The minimum atomic E-state index is 0.289. The molecule has 2 rings (SSSR count). The molecule has 0 radical (unpaired) electrons. The predicted molar refractivity (Wildman–Crippen MR) is 75.0 cm³/mol. The number of furan rings is 1. The summed E-state index contributed by atoms with van der Waals surface area (Å²) in [6.07, 6.45) is 1.71. The van der Waals surface area contributed by atoms with E-state index in [1.165, 1.54) is 0 Å². The Morgan fingerprint density at radius 2 is 2.39 bits per heavy atom. The lowest BCUT2D eigenvalue weighted by Gasteiger charge is -2.18. The molecule has 0 spiro atoms. The fourth-order valence-electron chi connectivity index (χ4n) is 1.67. The van der Waals surface area contributed by atoms with Crippen LogP contribution in [-0.4, -0.2) is 18.6 Å². The lowest BCUT2D eigenvalue weighted by atomic mass is 10.3. The van der Waals surface area contributed by atoms with E-state index in [2.05, 4.69) is 34.4 Å². The van der Waals surface area contributed by atoms with Gasteiger partial charge < -0.3 is 14.6 Å². The van der Waals surface area contributed by atoms with Gasteiger partial charge in [-0.1, -0.05) is 0 Å². The Morgan fingerprint density at radius 1 is 1.56 bits per heavy atom. The molecule has 0 saturated heterocycles. The average Bonchev–Trinajstić information content (AvgIpc) is 3.05. The van der Waals surface area contributed by atoms with Gasteiger partial charge in [-0.05, 0) is 33.0 Å². The van der Waals surface area contributed by atoms with Crippen molar-refractivity contribution in [2.75, 3.05) is 18.5 Å². The summed E-state index contributed by atoms with van der Waals surface area (Å²) < 4.78 is 5.39. The summed E-state index contributed by atoms with van der Waals surface area (Å²) >= 11 is 1.68. The summed E-state index contributed by atoms with van der Waals surface area (Å²) in [7, 11) is 1.95. The molecule has 2 heterocycles. The standard InChI is InChI=1S/C13H19N3OS/c1-4-16(8-11-6-5-7-17-11)13-15-12(9-18-13)10(2)14-3/h5-7,9-10,14H,4,8H2,1-3H3. The molecule has 4 nitrogen and oxygen atoms in total. The van der Waals surface area contributed by atoms with Crippen LogP contribution in [0.5, 0.6) is 0 Å². The monoisotopic (exact) mass is 265 g/mol. The van der Waals surface area contributed by atoms with Crippen molar-refractivity contribution in [3.8, 4) is 0 Å². The summed E-state index contributed by atoms with van der Waals surface area (Å²) in [5.41, 5.74) is 1.09. The smallest absolute Gasteiger partial charge is 0.185 e. The van der Waals surface area contributed by atoms with Crippen LogP contribution in [0.3, 0.4) is 0 Å². The van der Waals surface area contributed by atoms with E-state index in [0.29, 0.717) is 0 Å². The first-order valence-electron chi connectivity index (χ1n) is 6.14. The molecule has 18 heavy (non-hydrogen) atoms. The summed E-state index contributed by atoms with van der Waals surface area (Å²) in [5, 5.41) is 6.36. The molecule has 0 aliphatic rings. The molecule has 2 aromatic rings. The second-order valence-electron chi connectivity index (χ2n) is 4.16. The molecule has 0 fully saturated rings. The summed E-state index contributed by atoms with van der Waals surface area (Å²) in [6, 6.07) is 4.20. The molecule has 98 valence electrons. The third-order valence-corrected chi connectivity index (χ3v) is 3.89. The van der Waals surface area contributed by atoms with Crippen molar-refractivity contribution < 1.29 is 4.42 Å². The highest BCUT2D eigenvalue weighted by atomic mass is 32.1. The molecule has 1 atom stereocenters. The van der Waals surface area contributed by atoms with Crippen LogP contribution in [0.25, 0.3) is 0 Å². The molecular formula is C13H19N3OS. The van der Waals surface area contributed by atoms with Crippen LogP contribution in [0.4, 0.5) is 5.13 Å². The first-order chi connectivity index (χ1) is 8.74. The topological polar surface area (TPSA) is 41.3 Å². The maximum absolute atomic E-state index is 5.39. The van der Waals surface area contributed by atoms with Gasteiger partial charge in [-0.15, -0.1) is 11.3 Å². The number of nitrogens with one attached hydrogen (secondary N) is 1. The number of nitrogens with zero attached hydrogens (tertiary/aromatic N) is 2. The van der Waals surface area contributed by atoms with Crippen molar-refractivity contribution >= 4 is 16.5 Å². The molecule has 1 N–H and O–H groups in total. The van der Waals surface area contributed by atoms with Crippen molar-refractivity contribution in [2.24, 2.45) is 0 Å². The van der Waals surface area contributed by atoms with Gasteiger partial charge in [-0.3, -0.25) is 0 Å². The van der Waals surface area contributed by atoms with Crippen molar-refractivity contribution in [1.82, 2.24) is 10.3 Å². The normalized spacial score (nSPS) is 12.6. The molecule has 2 aromatic heterocycles. The van der Waals surface area contributed by atoms with E-state index >= 15 is 0 Å². The van der Waals surface area contributed by atoms with Gasteiger partial charge in [0.15, 0.2) is 5.13 Å². The lowest BCUT2D eigenvalue weighted by molar-refractivity contribution is 0.503. The average molecular weight is 265 g/mol. The van der Waals surface area contributed by atoms with E-state index in [9.17, 15) is 0 Å². The van der Waals surface area contributed by atoms with Gasteiger partial charge in [0, 0.05) is 18.0 Å². The highest BCUT2D eigenvalue weighted by Crippen LogP contribution is 2.25. The van der Waals surface area contributed by atoms with Crippen LogP contribution in [0.1, 0.15) is 31.3 Å². The molecule has 5 heteroatoms. The lowest BCUT2D eigenvalue weighted by Crippen LogP contribution is -2.22. The van der Waals surface area contributed by atoms with Gasteiger partial charge in [0.2, 0.25) is 0 Å². The van der Waals surface area contributed by atoms with Gasteiger partial charge in [-0.25, -0.2) is 4.98 Å². The first-order valence-corrected chi connectivity index (χ1v) is 7.02. The van der Waals surface area contributed by atoms with E-state index in [4.69, 9.17) is 4.42 Å². The van der Waals surface area contributed by atoms with Crippen LogP contribution < -0.4 is 10.2 Å². The zero-order valence-electron chi connectivity index (χ0n) is 11.0. The molecule has 0 aromatic carbocycles. The van der Waals surface area contributed by atoms with E-state index < -0.39 is 0 Å². The van der Waals surface area contributed by atoms with Crippen LogP contribution in [0.15, 0.2) is 28.2 Å². The zero-order valence-corrected chi connectivity index (χ0v) is 11.8. The quantitative estimate of drug-likeness (QED) is 0.871. The zero-order chi connectivity index (χ0) is 13.0. The second-order valence-corrected chi connectivity index (χ2v) is 5.00. The highest BCUT2D eigenvalue weighted by Gasteiger charge is 2.13. The number of thiazole rings is 1. The van der Waals surface area contributed by atoms with Gasteiger partial charge in [0.1, 0.15) is 5.76 Å². The van der Waals surface area contributed by atoms with Gasteiger partial charge in [0.05, 0.1) is 18.5 Å². The third-order valence-electron chi connectivity index (χ3n) is 2.97. The Bertz CT molecular complexity index is 466. The van der Waals surface area contributed by atoms with E-state index in [1.807, 2.05) is 19.2 Å². The van der Waals surface area contributed by atoms with Crippen LogP contribution in [0.2, 0.25) is 0 Å². The number of hydrogen-bond acceptors (Lipinski definition) is 5. The maximum Gasteiger partial charge on any atom is 0.185 e.